The van der Waals surface area contributed by atoms with Crippen molar-refractivity contribution in [3.63, 3.8) is 0 Å². The summed E-state index contributed by atoms with van der Waals surface area (Å²) >= 11 is 0. The number of phenolic OH excluding ortho intramolecular Hbond substituents is 1. The first kappa shape index (κ1) is 11.9. The molecule has 17 heavy (non-hydrogen) atoms. The van der Waals surface area contributed by atoms with Crippen molar-refractivity contribution in [3.8, 4) is 5.75 Å². The van der Waals surface area contributed by atoms with Gasteiger partial charge >= 0.3 is 0 Å². The van der Waals surface area contributed by atoms with Gasteiger partial charge in [-0.3, -0.25) is 5.01 Å². The standard InChI is InChI=1S/C13H18N2O2/c1-2-8-15(14-17)11-6-7-12-10(9-11)4-3-5-13(12)16/h3-5,11,16H,2,6-9H2,1H3/t11-/m1/s1. The maximum Gasteiger partial charge on any atom is 0.119 e. The van der Waals surface area contributed by atoms with E-state index in [1.54, 1.807) is 11.1 Å². The highest BCUT2D eigenvalue weighted by molar-refractivity contribution is 5.41. The fourth-order valence-corrected chi connectivity index (χ4v) is 2.54. The summed E-state index contributed by atoms with van der Waals surface area (Å²) in [4.78, 5) is 10.8. The molecule has 1 aromatic carbocycles. The summed E-state index contributed by atoms with van der Waals surface area (Å²) in [5, 5.41) is 14.5. The molecular formula is C13H18N2O2. The first-order valence-electron chi connectivity index (χ1n) is 6.16. The van der Waals surface area contributed by atoms with E-state index in [4.69, 9.17) is 0 Å². The lowest BCUT2D eigenvalue weighted by Crippen LogP contribution is -2.35. The van der Waals surface area contributed by atoms with Crippen LogP contribution in [0.1, 0.15) is 30.9 Å². The van der Waals surface area contributed by atoms with Gasteiger partial charge in [-0.2, -0.15) is 0 Å². The van der Waals surface area contributed by atoms with Gasteiger partial charge in [0.1, 0.15) is 5.75 Å². The molecule has 1 aliphatic carbocycles. The van der Waals surface area contributed by atoms with Gasteiger partial charge in [-0.15, -0.1) is 4.91 Å². The summed E-state index contributed by atoms with van der Waals surface area (Å²) in [6.45, 7) is 2.75. The van der Waals surface area contributed by atoms with E-state index in [1.807, 2.05) is 19.1 Å². The largest absolute Gasteiger partial charge is 0.508 e. The molecule has 0 saturated heterocycles. The van der Waals surface area contributed by atoms with E-state index in [2.05, 4.69) is 5.29 Å². The molecule has 0 unspecified atom stereocenters. The lowest BCUT2D eigenvalue weighted by atomic mass is 9.87. The zero-order valence-electron chi connectivity index (χ0n) is 10.1. The Morgan fingerprint density at radius 1 is 1.53 bits per heavy atom. The van der Waals surface area contributed by atoms with Gasteiger partial charge in [0.15, 0.2) is 0 Å². The van der Waals surface area contributed by atoms with E-state index < -0.39 is 0 Å². The van der Waals surface area contributed by atoms with Crippen molar-refractivity contribution in [1.29, 1.82) is 0 Å². The molecule has 4 heteroatoms. The molecule has 0 aromatic heterocycles. The number of fused-ring (bicyclic) bond motifs is 1. The normalized spacial score (nSPS) is 18.5. The van der Waals surface area contributed by atoms with Crippen molar-refractivity contribution in [2.45, 2.75) is 38.6 Å². The minimum absolute atomic E-state index is 0.182. The summed E-state index contributed by atoms with van der Waals surface area (Å²) < 4.78 is 0. The fourth-order valence-electron chi connectivity index (χ4n) is 2.54. The molecular weight excluding hydrogens is 216 g/mol. The smallest absolute Gasteiger partial charge is 0.119 e. The fraction of sp³-hybridized carbons (Fsp3) is 0.538. The first-order valence-corrected chi connectivity index (χ1v) is 6.16. The average molecular weight is 234 g/mol. The summed E-state index contributed by atoms with van der Waals surface area (Å²) in [6.07, 6.45) is 3.43. The second-order valence-electron chi connectivity index (χ2n) is 4.56. The van der Waals surface area contributed by atoms with Crippen molar-refractivity contribution in [1.82, 2.24) is 5.01 Å². The van der Waals surface area contributed by atoms with Crippen LogP contribution in [0.3, 0.4) is 0 Å². The molecule has 1 aliphatic rings. The summed E-state index contributed by atoms with van der Waals surface area (Å²) in [7, 11) is 0. The molecule has 0 spiro atoms. The van der Waals surface area contributed by atoms with E-state index in [-0.39, 0.29) is 6.04 Å². The van der Waals surface area contributed by atoms with Gasteiger partial charge in [0.2, 0.25) is 0 Å². The molecule has 0 saturated carbocycles. The monoisotopic (exact) mass is 234 g/mol. The highest BCUT2D eigenvalue weighted by atomic mass is 16.3. The number of hydrogen-bond acceptors (Lipinski definition) is 3. The third-order valence-electron chi connectivity index (χ3n) is 3.41. The lowest BCUT2D eigenvalue weighted by molar-refractivity contribution is 0.184. The summed E-state index contributed by atoms with van der Waals surface area (Å²) in [5.41, 5.74) is 2.18. The third kappa shape index (κ3) is 2.40. The Labute approximate surface area is 101 Å². The Kier molecular flexibility index (Phi) is 3.61. The minimum atomic E-state index is 0.182. The van der Waals surface area contributed by atoms with Crippen LogP contribution in [-0.4, -0.2) is 22.7 Å². The van der Waals surface area contributed by atoms with Crippen molar-refractivity contribution in [3.05, 3.63) is 34.2 Å². The van der Waals surface area contributed by atoms with Crippen LogP contribution in [0.15, 0.2) is 23.5 Å². The Balaban J connectivity index is 2.15. The SMILES string of the molecule is CCCN(N=O)[C@@H]1CCc2c(O)cccc2C1. The van der Waals surface area contributed by atoms with Gasteiger partial charge in [0.05, 0.1) is 11.3 Å². The molecule has 1 aromatic rings. The number of aromatic hydroxyl groups is 1. The van der Waals surface area contributed by atoms with Gasteiger partial charge in [-0.25, -0.2) is 0 Å². The van der Waals surface area contributed by atoms with Gasteiger partial charge in [-0.05, 0) is 42.9 Å². The number of nitrogens with zero attached hydrogens (tertiary/aromatic N) is 2. The molecule has 0 aliphatic heterocycles. The average Bonchev–Trinajstić information content (AvgIpc) is 2.36. The first-order chi connectivity index (χ1) is 8.26. The number of rotatable bonds is 4. The minimum Gasteiger partial charge on any atom is -0.508 e. The molecule has 0 amide bonds. The van der Waals surface area contributed by atoms with Crippen LogP contribution in [0, 0.1) is 4.91 Å². The Hall–Kier alpha value is -1.58. The second-order valence-corrected chi connectivity index (χ2v) is 4.56. The topological polar surface area (TPSA) is 52.9 Å². The highest BCUT2D eigenvalue weighted by Gasteiger charge is 2.25. The van der Waals surface area contributed by atoms with Crippen LogP contribution in [0.5, 0.6) is 5.75 Å². The van der Waals surface area contributed by atoms with Crippen molar-refractivity contribution in [2.75, 3.05) is 6.54 Å². The lowest BCUT2D eigenvalue weighted by Gasteiger charge is -2.31. The zero-order chi connectivity index (χ0) is 12.3. The number of phenols is 1. The quantitative estimate of drug-likeness (QED) is 0.643. The van der Waals surface area contributed by atoms with E-state index >= 15 is 0 Å². The highest BCUT2D eigenvalue weighted by Crippen LogP contribution is 2.30. The Morgan fingerprint density at radius 3 is 3.06 bits per heavy atom. The Bertz CT molecular complexity index is 406. The van der Waals surface area contributed by atoms with E-state index in [9.17, 15) is 10.0 Å². The number of hydrogen-bond donors (Lipinski definition) is 1. The molecule has 0 heterocycles. The number of nitroso groups, excluding NO2 is 1. The van der Waals surface area contributed by atoms with Crippen molar-refractivity contribution < 1.29 is 5.11 Å². The van der Waals surface area contributed by atoms with Gasteiger partial charge in [0.25, 0.3) is 0 Å². The molecule has 92 valence electrons. The molecule has 2 rings (SSSR count). The van der Waals surface area contributed by atoms with Crippen LogP contribution in [0.4, 0.5) is 0 Å². The molecule has 4 nitrogen and oxygen atoms in total. The predicted molar refractivity (Wildman–Crippen MR) is 66.7 cm³/mol. The molecule has 0 fully saturated rings. The zero-order valence-corrected chi connectivity index (χ0v) is 10.1. The number of benzene rings is 1. The van der Waals surface area contributed by atoms with E-state index in [0.717, 1.165) is 36.8 Å². The Morgan fingerprint density at radius 2 is 2.35 bits per heavy atom. The molecule has 1 atom stereocenters. The van der Waals surface area contributed by atoms with Crippen molar-refractivity contribution >= 4 is 0 Å². The molecule has 0 radical (unpaired) electrons. The van der Waals surface area contributed by atoms with Crippen molar-refractivity contribution in [2.24, 2.45) is 5.29 Å². The molecule has 1 N–H and O–H groups in total. The van der Waals surface area contributed by atoms with E-state index in [0.29, 0.717) is 12.3 Å². The second kappa shape index (κ2) is 5.17. The van der Waals surface area contributed by atoms with Crippen LogP contribution in [-0.2, 0) is 12.8 Å². The van der Waals surface area contributed by atoms with Crippen LogP contribution >= 0.6 is 0 Å². The van der Waals surface area contributed by atoms with Crippen LogP contribution < -0.4 is 0 Å². The van der Waals surface area contributed by atoms with Gasteiger partial charge in [0, 0.05) is 6.54 Å². The maximum absolute atomic E-state index is 10.8. The predicted octanol–water partition coefficient (Wildman–Crippen LogP) is 2.64. The summed E-state index contributed by atoms with van der Waals surface area (Å²) in [6, 6.07) is 5.79. The van der Waals surface area contributed by atoms with Gasteiger partial charge < -0.3 is 5.11 Å². The van der Waals surface area contributed by atoms with E-state index in [1.165, 1.54) is 0 Å². The molecule has 0 bridgehead atoms. The maximum atomic E-state index is 10.8. The van der Waals surface area contributed by atoms with Crippen LogP contribution in [0.2, 0.25) is 0 Å². The summed E-state index contributed by atoms with van der Waals surface area (Å²) in [5.74, 6) is 0.377. The third-order valence-corrected chi connectivity index (χ3v) is 3.41. The van der Waals surface area contributed by atoms with Gasteiger partial charge in [-0.1, -0.05) is 19.1 Å². The van der Waals surface area contributed by atoms with Crippen LogP contribution in [0.25, 0.3) is 0 Å².